The first-order valence-corrected chi connectivity index (χ1v) is 8.81. The normalized spacial score (nSPS) is 10.9. The molecule has 0 amide bonds. The Kier molecular flexibility index (Phi) is 10.5. The van der Waals surface area contributed by atoms with E-state index in [1.54, 1.807) is 25.5 Å². The zero-order chi connectivity index (χ0) is 17.2. The molecule has 0 saturated carbocycles. The number of nitrogens with one attached hydrogen (secondary N) is 1. The first-order valence-electron chi connectivity index (χ1n) is 7.87. The van der Waals surface area contributed by atoms with Crippen LogP contribution in [0.15, 0.2) is 46.1 Å². The molecule has 2 rings (SSSR count). The fraction of sp³-hybridized carbons (Fsp3) is 0.389. The van der Waals surface area contributed by atoms with Crippen molar-refractivity contribution >= 4 is 41.3 Å². The zero-order valence-electron chi connectivity index (χ0n) is 14.9. The average Bonchev–Trinajstić information content (AvgIpc) is 3.11. The van der Waals surface area contributed by atoms with Crippen LogP contribution in [-0.2, 0) is 17.9 Å². The van der Waals surface area contributed by atoms with Crippen LogP contribution in [0.4, 0.5) is 0 Å². The van der Waals surface area contributed by atoms with Gasteiger partial charge >= 0.3 is 0 Å². The second-order valence-electron chi connectivity index (χ2n) is 5.33. The van der Waals surface area contributed by atoms with Gasteiger partial charge in [0.25, 0.3) is 0 Å². The standard InChI is InChI=1S/C18H25N3O2S.HI/c1-19-18(21(2)12-15-8-11-24-14-15)20-9-10-23-13-16-6-4-5-7-17(16)22-3;/h4-8,11,14H,9-10,12-13H2,1-3H3,(H,19,20);1H. The van der Waals surface area contributed by atoms with Crippen molar-refractivity contribution in [3.63, 3.8) is 0 Å². The minimum Gasteiger partial charge on any atom is -0.496 e. The van der Waals surface area contributed by atoms with Crippen molar-refractivity contribution in [2.75, 3.05) is 34.4 Å². The molecule has 0 saturated heterocycles. The SMILES string of the molecule is CN=C(NCCOCc1ccccc1OC)N(C)Cc1ccsc1.I. The van der Waals surface area contributed by atoms with Crippen LogP contribution < -0.4 is 10.1 Å². The molecule has 0 aliphatic rings. The number of thiophene rings is 1. The maximum Gasteiger partial charge on any atom is 0.193 e. The van der Waals surface area contributed by atoms with E-state index in [-0.39, 0.29) is 24.0 Å². The molecule has 1 aromatic heterocycles. The summed E-state index contributed by atoms with van der Waals surface area (Å²) >= 11 is 1.71. The monoisotopic (exact) mass is 475 g/mol. The van der Waals surface area contributed by atoms with Crippen molar-refractivity contribution in [2.45, 2.75) is 13.2 Å². The second kappa shape index (κ2) is 12.1. The number of halogens is 1. The van der Waals surface area contributed by atoms with E-state index in [0.717, 1.165) is 23.8 Å². The zero-order valence-corrected chi connectivity index (χ0v) is 18.0. The lowest BCUT2D eigenvalue weighted by molar-refractivity contribution is 0.123. The molecule has 138 valence electrons. The van der Waals surface area contributed by atoms with Gasteiger partial charge in [-0.25, -0.2) is 0 Å². The molecule has 0 radical (unpaired) electrons. The molecule has 0 fully saturated rings. The molecular weight excluding hydrogens is 449 g/mol. The van der Waals surface area contributed by atoms with Crippen molar-refractivity contribution in [1.82, 2.24) is 10.2 Å². The Bertz CT molecular complexity index is 635. The molecule has 0 aliphatic carbocycles. The third kappa shape index (κ3) is 7.21. The smallest absolute Gasteiger partial charge is 0.193 e. The predicted octanol–water partition coefficient (Wildman–Crippen LogP) is 3.60. The second-order valence-corrected chi connectivity index (χ2v) is 6.11. The highest BCUT2D eigenvalue weighted by atomic mass is 127. The molecule has 2 aromatic rings. The van der Waals surface area contributed by atoms with Gasteiger partial charge in [-0.1, -0.05) is 18.2 Å². The van der Waals surface area contributed by atoms with Gasteiger partial charge in [0.15, 0.2) is 5.96 Å². The fourth-order valence-electron chi connectivity index (χ4n) is 2.36. The molecular formula is C18H26IN3O2S. The van der Waals surface area contributed by atoms with Gasteiger partial charge in [0, 0.05) is 32.7 Å². The van der Waals surface area contributed by atoms with E-state index in [2.05, 4.69) is 32.0 Å². The Morgan fingerprint density at radius 1 is 1.28 bits per heavy atom. The summed E-state index contributed by atoms with van der Waals surface area (Å²) in [5.74, 6) is 1.72. The Morgan fingerprint density at radius 3 is 2.76 bits per heavy atom. The molecule has 0 aliphatic heterocycles. The van der Waals surface area contributed by atoms with Crippen LogP contribution in [0.2, 0.25) is 0 Å². The van der Waals surface area contributed by atoms with Crippen molar-refractivity contribution in [3.05, 3.63) is 52.2 Å². The molecule has 5 nitrogen and oxygen atoms in total. The van der Waals surface area contributed by atoms with Crippen molar-refractivity contribution < 1.29 is 9.47 Å². The molecule has 7 heteroatoms. The fourth-order valence-corrected chi connectivity index (χ4v) is 3.02. The van der Waals surface area contributed by atoms with Crippen molar-refractivity contribution in [2.24, 2.45) is 4.99 Å². The molecule has 0 bridgehead atoms. The minimum absolute atomic E-state index is 0. The van der Waals surface area contributed by atoms with E-state index in [4.69, 9.17) is 9.47 Å². The van der Waals surface area contributed by atoms with Crippen molar-refractivity contribution in [3.8, 4) is 5.75 Å². The van der Waals surface area contributed by atoms with Crippen LogP contribution in [0.5, 0.6) is 5.75 Å². The van der Waals surface area contributed by atoms with E-state index < -0.39 is 0 Å². The van der Waals surface area contributed by atoms with Crippen LogP contribution in [0, 0.1) is 0 Å². The molecule has 0 spiro atoms. The van der Waals surface area contributed by atoms with Gasteiger partial charge in [0.2, 0.25) is 0 Å². The lowest BCUT2D eigenvalue weighted by atomic mass is 10.2. The summed E-state index contributed by atoms with van der Waals surface area (Å²) in [6, 6.07) is 10.0. The predicted molar refractivity (Wildman–Crippen MR) is 115 cm³/mol. The highest BCUT2D eigenvalue weighted by Crippen LogP contribution is 2.17. The number of hydrogen-bond acceptors (Lipinski definition) is 4. The number of rotatable bonds is 8. The number of methoxy groups -OCH3 is 1. The largest absolute Gasteiger partial charge is 0.496 e. The summed E-state index contributed by atoms with van der Waals surface area (Å²) in [5.41, 5.74) is 2.34. The van der Waals surface area contributed by atoms with Gasteiger partial charge in [-0.15, -0.1) is 24.0 Å². The number of ether oxygens (including phenoxy) is 2. The highest BCUT2D eigenvalue weighted by Gasteiger charge is 2.06. The molecule has 1 N–H and O–H groups in total. The molecule has 1 aromatic carbocycles. The summed E-state index contributed by atoms with van der Waals surface area (Å²) in [6.07, 6.45) is 0. The number of benzene rings is 1. The maximum atomic E-state index is 5.73. The van der Waals surface area contributed by atoms with E-state index >= 15 is 0 Å². The van der Waals surface area contributed by atoms with Gasteiger partial charge in [0.05, 0.1) is 20.3 Å². The first-order chi connectivity index (χ1) is 11.7. The highest BCUT2D eigenvalue weighted by molar-refractivity contribution is 14.0. The number of guanidine groups is 1. The number of nitrogens with zero attached hydrogens (tertiary/aromatic N) is 2. The van der Waals surface area contributed by atoms with E-state index in [1.165, 1.54) is 5.56 Å². The first kappa shape index (κ1) is 21.7. The summed E-state index contributed by atoms with van der Waals surface area (Å²) in [6.45, 7) is 2.68. The summed E-state index contributed by atoms with van der Waals surface area (Å²) in [7, 11) is 5.50. The van der Waals surface area contributed by atoms with E-state index in [1.807, 2.05) is 31.3 Å². The van der Waals surface area contributed by atoms with E-state index in [9.17, 15) is 0 Å². The molecule has 1 heterocycles. The van der Waals surface area contributed by atoms with Crippen LogP contribution >= 0.6 is 35.3 Å². The Balaban J connectivity index is 0.00000312. The third-order valence-electron chi connectivity index (χ3n) is 3.55. The third-order valence-corrected chi connectivity index (χ3v) is 4.28. The van der Waals surface area contributed by atoms with Gasteiger partial charge in [0.1, 0.15) is 5.75 Å². The van der Waals surface area contributed by atoms with Gasteiger partial charge in [-0.2, -0.15) is 11.3 Å². The number of aliphatic imine (C=N–C) groups is 1. The Labute approximate surface area is 171 Å². The van der Waals surface area contributed by atoms with Gasteiger partial charge < -0.3 is 19.7 Å². The maximum absolute atomic E-state index is 5.73. The molecule has 0 unspecified atom stereocenters. The molecule has 25 heavy (non-hydrogen) atoms. The average molecular weight is 475 g/mol. The van der Waals surface area contributed by atoms with Crippen molar-refractivity contribution in [1.29, 1.82) is 0 Å². The molecule has 0 atom stereocenters. The Hall–Kier alpha value is -1.32. The van der Waals surface area contributed by atoms with Gasteiger partial charge in [-0.05, 0) is 28.5 Å². The van der Waals surface area contributed by atoms with Crippen LogP contribution in [0.25, 0.3) is 0 Å². The van der Waals surface area contributed by atoms with E-state index in [0.29, 0.717) is 19.8 Å². The van der Waals surface area contributed by atoms with Crippen LogP contribution in [0.3, 0.4) is 0 Å². The lowest BCUT2D eigenvalue weighted by Gasteiger charge is -2.21. The topological polar surface area (TPSA) is 46.1 Å². The Morgan fingerprint density at radius 2 is 2.08 bits per heavy atom. The van der Waals surface area contributed by atoms with Crippen LogP contribution in [-0.4, -0.2) is 45.2 Å². The lowest BCUT2D eigenvalue weighted by Crippen LogP contribution is -2.39. The van der Waals surface area contributed by atoms with Gasteiger partial charge in [-0.3, -0.25) is 4.99 Å². The summed E-state index contributed by atoms with van der Waals surface area (Å²) < 4.78 is 11.0. The number of hydrogen-bond donors (Lipinski definition) is 1. The number of para-hydroxylation sites is 1. The summed E-state index contributed by atoms with van der Waals surface area (Å²) in [5, 5.41) is 7.56. The minimum atomic E-state index is 0. The summed E-state index contributed by atoms with van der Waals surface area (Å²) in [4.78, 5) is 6.41. The van der Waals surface area contributed by atoms with Crippen LogP contribution in [0.1, 0.15) is 11.1 Å². The quantitative estimate of drug-likeness (QED) is 0.274.